The van der Waals surface area contributed by atoms with Crippen molar-refractivity contribution < 1.29 is 23.9 Å². The molecule has 3 saturated heterocycles. The molecule has 5 heterocycles. The van der Waals surface area contributed by atoms with Crippen molar-refractivity contribution in [2.24, 2.45) is 28.6 Å². The zero-order valence-electron chi connectivity index (χ0n) is 33.9. The summed E-state index contributed by atoms with van der Waals surface area (Å²) >= 11 is 0. The van der Waals surface area contributed by atoms with Crippen LogP contribution in [-0.4, -0.2) is 111 Å². The second kappa shape index (κ2) is 16.3. The van der Waals surface area contributed by atoms with Gasteiger partial charge < -0.3 is 24.8 Å². The van der Waals surface area contributed by atoms with Gasteiger partial charge in [0.2, 0.25) is 17.7 Å². The fraction of sp³-hybridized carbons (Fsp3) is 0.600. The molecule has 2 aliphatic carbocycles. The number of hydrogen-bond acceptors (Lipinski definition) is 7. The minimum atomic E-state index is -0.873. The Bertz CT molecular complexity index is 1900. The van der Waals surface area contributed by atoms with Crippen molar-refractivity contribution in [2.75, 3.05) is 45.9 Å². The van der Waals surface area contributed by atoms with Gasteiger partial charge in [-0.25, -0.2) is 0 Å². The topological polar surface area (TPSA) is 130 Å². The normalized spacial score (nSPS) is 24.2. The van der Waals surface area contributed by atoms with Crippen molar-refractivity contribution in [1.82, 2.24) is 34.8 Å². The van der Waals surface area contributed by atoms with Crippen LogP contribution >= 0.6 is 0 Å². The molecular weight excluding hydrogens is 719 g/mol. The van der Waals surface area contributed by atoms with E-state index < -0.39 is 23.5 Å². The summed E-state index contributed by atoms with van der Waals surface area (Å²) < 4.78 is 8.22. The second-order valence-electron chi connectivity index (χ2n) is 18.4. The number of amides is 4. The van der Waals surface area contributed by atoms with Gasteiger partial charge in [-0.1, -0.05) is 63.4 Å². The Morgan fingerprint density at radius 2 is 1.56 bits per heavy atom. The Morgan fingerprint density at radius 3 is 2.25 bits per heavy atom. The summed E-state index contributed by atoms with van der Waals surface area (Å²) in [6.45, 7) is 9.78. The van der Waals surface area contributed by atoms with Crippen LogP contribution in [0.4, 0.5) is 0 Å². The SMILES string of the molecule is C[C@@H](OCC1CCCCC1)[C@H](NC(=O)[C@@H]1CN(C(=O)c2cnn(Cc3ccccc3)c2)CC12CN(C(=O)[C@H]1CC1(C)C)C2)C(=O)N1CCC(c2ccncc2)CC1. The maximum atomic E-state index is 14.7. The van der Waals surface area contributed by atoms with Crippen LogP contribution in [0.15, 0.2) is 67.3 Å². The molecule has 5 fully saturated rings. The lowest BCUT2D eigenvalue weighted by molar-refractivity contribution is -0.153. The lowest BCUT2D eigenvalue weighted by Gasteiger charge is -2.50. The molecule has 12 nitrogen and oxygen atoms in total. The van der Waals surface area contributed by atoms with Crippen molar-refractivity contribution in [2.45, 2.75) is 96.7 Å². The van der Waals surface area contributed by atoms with Gasteiger partial charge in [-0.3, -0.25) is 28.8 Å². The molecule has 3 aliphatic heterocycles. The molecule has 0 unspecified atom stereocenters. The van der Waals surface area contributed by atoms with Crippen LogP contribution in [0.25, 0.3) is 0 Å². The first-order valence-corrected chi connectivity index (χ1v) is 21.2. The maximum Gasteiger partial charge on any atom is 0.257 e. The fourth-order valence-electron chi connectivity index (χ4n) is 9.93. The quantitative estimate of drug-likeness (QED) is 0.270. The van der Waals surface area contributed by atoms with Crippen LogP contribution in [0.5, 0.6) is 0 Å². The van der Waals surface area contributed by atoms with Gasteiger partial charge in [-0.15, -0.1) is 0 Å². The zero-order valence-corrected chi connectivity index (χ0v) is 33.9. The third-order valence-electron chi connectivity index (χ3n) is 13.8. The molecular formula is C45H59N7O5. The number of piperidine rings is 1. The molecule has 5 aliphatic rings. The smallest absolute Gasteiger partial charge is 0.257 e. The van der Waals surface area contributed by atoms with Gasteiger partial charge in [-0.05, 0) is 79.5 Å². The largest absolute Gasteiger partial charge is 0.376 e. The van der Waals surface area contributed by atoms with E-state index in [0.29, 0.717) is 63.3 Å². The Morgan fingerprint density at radius 1 is 0.877 bits per heavy atom. The van der Waals surface area contributed by atoms with Crippen molar-refractivity contribution in [1.29, 1.82) is 0 Å². The van der Waals surface area contributed by atoms with Gasteiger partial charge >= 0.3 is 0 Å². The van der Waals surface area contributed by atoms with Gasteiger partial charge in [0, 0.05) is 75.8 Å². The zero-order chi connectivity index (χ0) is 39.7. The molecule has 1 N–H and O–H groups in total. The van der Waals surface area contributed by atoms with Crippen LogP contribution in [0, 0.1) is 28.6 Å². The summed E-state index contributed by atoms with van der Waals surface area (Å²) in [7, 11) is 0. The molecule has 2 saturated carbocycles. The number of nitrogens with zero attached hydrogens (tertiary/aromatic N) is 6. The number of carbonyl (C=O) groups is 4. The standard InChI is InChI=1S/C45H59N7O5/c1-31(57-27-33-12-8-5-9-13-33)39(43(56)49-20-16-35(17-21-49)34-14-18-46-19-15-34)48-40(53)38-26-50(28-45(38)29-51(30-45)42(55)37-22-44(37,2)3)41(54)36-23-47-52(25-36)24-32-10-6-4-7-11-32/h4,6-7,10-11,14-15,18-19,23,25,31,33,35,37-39H,5,8-9,12-13,16-17,20-22,24,26-30H2,1-3H3,(H,48,53)/t31-,37-,38+,39+/m1/s1. The predicted octanol–water partition coefficient (Wildman–Crippen LogP) is 5.15. The minimum absolute atomic E-state index is 0.0106. The maximum absolute atomic E-state index is 14.7. The van der Waals surface area contributed by atoms with Crippen LogP contribution < -0.4 is 5.32 Å². The lowest BCUT2D eigenvalue weighted by atomic mass is 9.70. The predicted molar refractivity (Wildman–Crippen MR) is 215 cm³/mol. The van der Waals surface area contributed by atoms with E-state index in [-0.39, 0.29) is 41.5 Å². The molecule has 3 aromatic rings. The van der Waals surface area contributed by atoms with Crippen molar-refractivity contribution in [3.05, 3.63) is 83.9 Å². The number of aromatic nitrogens is 3. The molecule has 57 heavy (non-hydrogen) atoms. The monoisotopic (exact) mass is 777 g/mol. The fourth-order valence-corrected chi connectivity index (χ4v) is 9.93. The number of likely N-dealkylation sites (tertiary alicyclic amines) is 3. The van der Waals surface area contributed by atoms with Gasteiger partial charge in [0.1, 0.15) is 6.04 Å². The number of hydrogen-bond donors (Lipinski definition) is 1. The molecule has 4 atom stereocenters. The van der Waals surface area contributed by atoms with Crippen LogP contribution in [0.2, 0.25) is 0 Å². The lowest BCUT2D eigenvalue weighted by Crippen LogP contribution is -2.65. The van der Waals surface area contributed by atoms with E-state index in [0.717, 1.165) is 37.7 Å². The molecule has 8 rings (SSSR count). The molecule has 4 amide bonds. The van der Waals surface area contributed by atoms with E-state index in [9.17, 15) is 19.2 Å². The van der Waals surface area contributed by atoms with Crippen LogP contribution in [-0.2, 0) is 25.7 Å². The minimum Gasteiger partial charge on any atom is -0.376 e. The van der Waals surface area contributed by atoms with Crippen molar-refractivity contribution in [3.63, 3.8) is 0 Å². The molecule has 0 bridgehead atoms. The Labute approximate surface area is 336 Å². The highest BCUT2D eigenvalue weighted by Crippen LogP contribution is 2.54. The highest BCUT2D eigenvalue weighted by atomic mass is 16.5. The molecule has 2 aromatic heterocycles. The van der Waals surface area contributed by atoms with Gasteiger partial charge in [-0.2, -0.15) is 5.10 Å². The van der Waals surface area contributed by atoms with Crippen LogP contribution in [0.3, 0.4) is 0 Å². The number of pyridine rings is 1. The first-order chi connectivity index (χ1) is 27.5. The summed E-state index contributed by atoms with van der Waals surface area (Å²) in [5.41, 5.74) is 2.15. The number of carbonyl (C=O) groups excluding carboxylic acids is 4. The first-order valence-electron chi connectivity index (χ1n) is 21.2. The highest BCUT2D eigenvalue weighted by Gasteiger charge is 2.62. The second-order valence-corrected chi connectivity index (χ2v) is 18.4. The van der Waals surface area contributed by atoms with E-state index in [4.69, 9.17) is 4.74 Å². The highest BCUT2D eigenvalue weighted by molar-refractivity contribution is 5.96. The van der Waals surface area contributed by atoms with E-state index in [1.165, 1.54) is 24.8 Å². The van der Waals surface area contributed by atoms with E-state index in [1.54, 1.807) is 22.0 Å². The summed E-state index contributed by atoms with van der Waals surface area (Å²) in [4.78, 5) is 66.5. The summed E-state index contributed by atoms with van der Waals surface area (Å²) in [5.74, 6) is -0.257. The summed E-state index contributed by atoms with van der Waals surface area (Å²) in [6.07, 6.45) is 14.8. The average molecular weight is 778 g/mol. The number of ether oxygens (including phenoxy) is 1. The van der Waals surface area contributed by atoms with Crippen molar-refractivity contribution >= 4 is 23.6 Å². The summed E-state index contributed by atoms with van der Waals surface area (Å²) in [6, 6.07) is 13.2. The first kappa shape index (κ1) is 39.3. The Kier molecular flexibility index (Phi) is 11.3. The number of nitrogens with one attached hydrogen (secondary N) is 1. The molecule has 0 radical (unpaired) electrons. The average Bonchev–Trinajstić information content (AvgIpc) is 3.51. The molecule has 1 spiro atoms. The Hall–Kier alpha value is -4.58. The summed E-state index contributed by atoms with van der Waals surface area (Å²) in [5, 5.41) is 7.69. The van der Waals surface area contributed by atoms with E-state index in [2.05, 4.69) is 41.4 Å². The van der Waals surface area contributed by atoms with Gasteiger partial charge in [0.05, 0.1) is 30.3 Å². The Balaban J connectivity index is 0.994. The van der Waals surface area contributed by atoms with Crippen molar-refractivity contribution in [3.8, 4) is 0 Å². The third kappa shape index (κ3) is 8.52. The molecule has 12 heteroatoms. The third-order valence-corrected chi connectivity index (χ3v) is 13.8. The van der Waals surface area contributed by atoms with Crippen LogP contribution in [0.1, 0.15) is 99.5 Å². The number of rotatable bonds is 12. The van der Waals surface area contributed by atoms with E-state index in [1.807, 2.05) is 59.4 Å². The van der Waals surface area contributed by atoms with Gasteiger partial charge in [0.25, 0.3) is 5.91 Å². The van der Waals surface area contributed by atoms with E-state index >= 15 is 0 Å². The molecule has 304 valence electrons. The number of benzene rings is 1. The molecule has 1 aromatic carbocycles. The van der Waals surface area contributed by atoms with Gasteiger partial charge in [0.15, 0.2) is 0 Å².